The van der Waals surface area contributed by atoms with E-state index in [2.05, 4.69) is 47.3 Å². The van der Waals surface area contributed by atoms with Gasteiger partial charge >= 0.3 is 0 Å². The van der Waals surface area contributed by atoms with E-state index in [4.69, 9.17) is 10.1 Å². The average molecular weight is 339 g/mol. The normalized spacial score (nSPS) is 16.9. The average Bonchev–Trinajstić information content (AvgIpc) is 2.87. The van der Waals surface area contributed by atoms with Crippen LogP contribution in [0.2, 0.25) is 0 Å². The summed E-state index contributed by atoms with van der Waals surface area (Å²) < 4.78 is 0. The van der Waals surface area contributed by atoms with Gasteiger partial charge in [-0.1, -0.05) is 47.2 Å². The lowest BCUT2D eigenvalue weighted by molar-refractivity contribution is 0.0608. The van der Waals surface area contributed by atoms with E-state index in [0.717, 1.165) is 11.3 Å². The number of allylic oxidation sites excluding steroid dienone is 4. The molecule has 1 aliphatic carbocycles. The molecule has 1 heterocycles. The van der Waals surface area contributed by atoms with Crippen molar-refractivity contribution in [1.82, 2.24) is 0 Å². The fraction of sp³-hybridized carbons (Fsp3) is 0.0909. The van der Waals surface area contributed by atoms with E-state index in [9.17, 15) is 0 Å². The standard InChI is InChI=1S/C22H17N3O/c1-17-6-12-20(13-7-17)25-21(19-10-8-18(16-23)9-11-19)24-26-22(25)14-4-2-3-5-15-22/h2-15H,1H3. The summed E-state index contributed by atoms with van der Waals surface area (Å²) in [6, 6.07) is 17.8. The Morgan fingerprint density at radius 2 is 1.58 bits per heavy atom. The highest BCUT2D eigenvalue weighted by molar-refractivity contribution is 6.12. The molecule has 0 saturated carbocycles. The van der Waals surface area contributed by atoms with Crippen LogP contribution >= 0.6 is 0 Å². The molecule has 2 aromatic carbocycles. The molecule has 126 valence electrons. The van der Waals surface area contributed by atoms with Crippen molar-refractivity contribution in [1.29, 1.82) is 5.26 Å². The van der Waals surface area contributed by atoms with E-state index >= 15 is 0 Å². The van der Waals surface area contributed by atoms with Gasteiger partial charge in [-0.15, -0.1) is 0 Å². The zero-order chi connectivity index (χ0) is 18.0. The maximum absolute atomic E-state index is 9.04. The van der Waals surface area contributed by atoms with Crippen LogP contribution in [0.3, 0.4) is 0 Å². The molecular weight excluding hydrogens is 322 g/mol. The lowest BCUT2D eigenvalue weighted by atomic mass is 10.1. The SMILES string of the molecule is Cc1ccc(N2C(c3ccc(C#N)cc3)=NOC23C=CC=CC=C3)cc1. The second-order valence-corrected chi connectivity index (χ2v) is 6.22. The van der Waals surface area contributed by atoms with Crippen LogP contribution in [0.1, 0.15) is 16.7 Å². The quantitative estimate of drug-likeness (QED) is 0.812. The van der Waals surface area contributed by atoms with Gasteiger partial charge in [0.1, 0.15) is 0 Å². The second kappa shape index (κ2) is 6.38. The van der Waals surface area contributed by atoms with Gasteiger partial charge in [-0.05, 0) is 55.5 Å². The van der Waals surface area contributed by atoms with Crippen LogP contribution in [-0.4, -0.2) is 11.6 Å². The Bertz CT molecular complexity index is 958. The number of aryl methyl sites for hydroxylation is 1. The first-order valence-corrected chi connectivity index (χ1v) is 8.39. The molecule has 1 spiro atoms. The molecular formula is C22H17N3O. The highest BCUT2D eigenvalue weighted by Crippen LogP contribution is 2.36. The zero-order valence-corrected chi connectivity index (χ0v) is 14.3. The Labute approximate surface area is 152 Å². The molecule has 2 aliphatic rings. The first-order valence-electron chi connectivity index (χ1n) is 8.39. The predicted octanol–water partition coefficient (Wildman–Crippen LogP) is 4.44. The monoisotopic (exact) mass is 339 g/mol. The van der Waals surface area contributed by atoms with Gasteiger partial charge in [-0.25, -0.2) is 0 Å². The zero-order valence-electron chi connectivity index (χ0n) is 14.3. The molecule has 0 radical (unpaired) electrons. The van der Waals surface area contributed by atoms with Crippen molar-refractivity contribution in [2.24, 2.45) is 5.16 Å². The number of nitrogens with zero attached hydrogens (tertiary/aromatic N) is 3. The van der Waals surface area contributed by atoms with Crippen molar-refractivity contribution in [3.8, 4) is 6.07 Å². The smallest absolute Gasteiger partial charge is 0.254 e. The molecule has 0 N–H and O–H groups in total. The number of nitriles is 1. The van der Waals surface area contributed by atoms with Gasteiger partial charge in [-0.3, -0.25) is 4.90 Å². The van der Waals surface area contributed by atoms with Crippen LogP contribution in [0.5, 0.6) is 0 Å². The minimum Gasteiger partial charge on any atom is -0.356 e. The summed E-state index contributed by atoms with van der Waals surface area (Å²) in [4.78, 5) is 7.98. The molecule has 0 aromatic heterocycles. The van der Waals surface area contributed by atoms with E-state index in [-0.39, 0.29) is 0 Å². The summed E-state index contributed by atoms with van der Waals surface area (Å²) in [6.07, 6.45) is 11.8. The van der Waals surface area contributed by atoms with Crippen molar-refractivity contribution in [2.45, 2.75) is 12.6 Å². The summed E-state index contributed by atoms with van der Waals surface area (Å²) >= 11 is 0. The Morgan fingerprint density at radius 3 is 2.19 bits per heavy atom. The molecule has 26 heavy (non-hydrogen) atoms. The third kappa shape index (κ3) is 2.70. The van der Waals surface area contributed by atoms with Gasteiger partial charge < -0.3 is 4.84 Å². The Morgan fingerprint density at radius 1 is 0.923 bits per heavy atom. The summed E-state index contributed by atoms with van der Waals surface area (Å²) in [5.74, 6) is 0.703. The molecule has 2 aromatic rings. The highest BCUT2D eigenvalue weighted by Gasteiger charge is 2.43. The number of hydrogen-bond donors (Lipinski definition) is 0. The van der Waals surface area contributed by atoms with Crippen LogP contribution < -0.4 is 4.90 Å². The van der Waals surface area contributed by atoms with Crippen LogP contribution in [0.4, 0.5) is 5.69 Å². The molecule has 1 aliphatic heterocycles. The minimum atomic E-state index is -0.817. The molecule has 4 heteroatoms. The van der Waals surface area contributed by atoms with Gasteiger partial charge in [0.15, 0.2) is 5.84 Å². The van der Waals surface area contributed by atoms with Gasteiger partial charge in [-0.2, -0.15) is 5.26 Å². The molecule has 0 atom stereocenters. The van der Waals surface area contributed by atoms with Crippen LogP contribution in [-0.2, 0) is 4.84 Å². The maximum Gasteiger partial charge on any atom is 0.254 e. The van der Waals surface area contributed by atoms with Gasteiger partial charge in [0.05, 0.1) is 11.6 Å². The summed E-state index contributed by atoms with van der Waals surface area (Å²) in [6.45, 7) is 2.06. The van der Waals surface area contributed by atoms with E-state index in [0.29, 0.717) is 11.4 Å². The van der Waals surface area contributed by atoms with Gasteiger partial charge in [0.2, 0.25) is 0 Å². The van der Waals surface area contributed by atoms with E-state index in [1.807, 2.05) is 48.6 Å². The van der Waals surface area contributed by atoms with E-state index in [1.54, 1.807) is 12.1 Å². The van der Waals surface area contributed by atoms with Crippen molar-refractivity contribution in [3.05, 3.63) is 102 Å². The fourth-order valence-corrected chi connectivity index (χ4v) is 3.04. The minimum absolute atomic E-state index is 0.614. The summed E-state index contributed by atoms with van der Waals surface area (Å²) in [7, 11) is 0. The van der Waals surface area contributed by atoms with E-state index < -0.39 is 5.72 Å². The third-order valence-corrected chi connectivity index (χ3v) is 4.41. The molecule has 4 rings (SSSR count). The largest absolute Gasteiger partial charge is 0.356 e. The maximum atomic E-state index is 9.04. The lowest BCUT2D eigenvalue weighted by Crippen LogP contribution is -2.46. The number of benzene rings is 2. The van der Waals surface area contributed by atoms with Crippen LogP contribution in [0.15, 0.2) is 90.1 Å². The number of rotatable bonds is 2. The molecule has 0 bridgehead atoms. The second-order valence-electron chi connectivity index (χ2n) is 6.22. The number of amidine groups is 1. The number of anilines is 1. The summed E-state index contributed by atoms with van der Waals surface area (Å²) in [5, 5.41) is 13.4. The first kappa shape index (κ1) is 15.9. The van der Waals surface area contributed by atoms with Crippen LogP contribution in [0, 0.1) is 18.3 Å². The molecule has 0 unspecified atom stereocenters. The topological polar surface area (TPSA) is 48.6 Å². The Kier molecular flexibility index (Phi) is 3.91. The molecule has 0 amide bonds. The fourth-order valence-electron chi connectivity index (χ4n) is 3.04. The third-order valence-electron chi connectivity index (χ3n) is 4.41. The number of hydrogen-bond acceptors (Lipinski definition) is 4. The lowest BCUT2D eigenvalue weighted by Gasteiger charge is -2.32. The van der Waals surface area contributed by atoms with Crippen LogP contribution in [0.25, 0.3) is 0 Å². The molecule has 0 saturated heterocycles. The molecule has 0 fully saturated rings. The van der Waals surface area contributed by atoms with Crippen molar-refractivity contribution < 1.29 is 4.84 Å². The van der Waals surface area contributed by atoms with Gasteiger partial charge in [0, 0.05) is 11.3 Å². The number of oxime groups is 1. The van der Waals surface area contributed by atoms with Crippen molar-refractivity contribution >= 4 is 11.5 Å². The first-order chi connectivity index (χ1) is 12.7. The van der Waals surface area contributed by atoms with E-state index in [1.165, 1.54) is 5.56 Å². The van der Waals surface area contributed by atoms with Gasteiger partial charge in [0.25, 0.3) is 5.72 Å². The highest BCUT2D eigenvalue weighted by atomic mass is 16.7. The Balaban J connectivity index is 1.82. The van der Waals surface area contributed by atoms with Crippen molar-refractivity contribution in [3.63, 3.8) is 0 Å². The molecule has 4 nitrogen and oxygen atoms in total. The summed E-state index contributed by atoms with van der Waals surface area (Å²) in [5.41, 5.74) is 2.85. The Hall–Kier alpha value is -3.58. The van der Waals surface area contributed by atoms with Crippen molar-refractivity contribution in [2.75, 3.05) is 4.90 Å². The predicted molar refractivity (Wildman–Crippen MR) is 103 cm³/mol.